The minimum absolute atomic E-state index is 0.343. The smallest absolute Gasteiger partial charge is 0.142 e. The van der Waals surface area contributed by atoms with Gasteiger partial charge in [-0.2, -0.15) is 0 Å². The second kappa shape index (κ2) is 4.13. The van der Waals surface area contributed by atoms with Crippen molar-refractivity contribution >= 4 is 0 Å². The zero-order valence-electron chi connectivity index (χ0n) is 9.47. The molecule has 0 bridgehead atoms. The summed E-state index contributed by atoms with van der Waals surface area (Å²) >= 11 is 0. The lowest BCUT2D eigenvalue weighted by Crippen LogP contribution is -1.99. The molecule has 0 amide bonds. The SMILES string of the molecule is O=NC1c2ccccc2CCc2ccccc21. The third kappa shape index (κ3) is 1.66. The average Bonchev–Trinajstić information content (AvgIpc) is 2.55. The number of aryl methyl sites for hydroxylation is 2. The molecule has 0 spiro atoms. The largest absolute Gasteiger partial charge is 0.150 e. The molecule has 2 heteroatoms. The summed E-state index contributed by atoms with van der Waals surface area (Å²) in [4.78, 5) is 11.2. The maximum absolute atomic E-state index is 11.2. The maximum atomic E-state index is 11.2. The van der Waals surface area contributed by atoms with Gasteiger partial charge in [0.05, 0.1) is 0 Å². The van der Waals surface area contributed by atoms with Crippen LogP contribution in [0.4, 0.5) is 0 Å². The van der Waals surface area contributed by atoms with E-state index in [0.717, 1.165) is 24.0 Å². The summed E-state index contributed by atoms with van der Waals surface area (Å²) < 4.78 is 0. The van der Waals surface area contributed by atoms with Crippen LogP contribution in [0.2, 0.25) is 0 Å². The Morgan fingerprint density at radius 2 is 1.29 bits per heavy atom. The van der Waals surface area contributed by atoms with Gasteiger partial charge in [0.2, 0.25) is 0 Å². The van der Waals surface area contributed by atoms with Gasteiger partial charge >= 0.3 is 0 Å². The van der Waals surface area contributed by atoms with Gasteiger partial charge in [-0.1, -0.05) is 53.7 Å². The molecule has 0 atom stereocenters. The second-order valence-electron chi connectivity index (χ2n) is 4.41. The average molecular weight is 223 g/mol. The van der Waals surface area contributed by atoms with Gasteiger partial charge < -0.3 is 0 Å². The van der Waals surface area contributed by atoms with Gasteiger partial charge in [-0.15, -0.1) is 4.91 Å². The van der Waals surface area contributed by atoms with E-state index in [1.807, 2.05) is 36.4 Å². The summed E-state index contributed by atoms with van der Waals surface area (Å²) in [5.41, 5.74) is 4.61. The lowest BCUT2D eigenvalue weighted by Gasteiger charge is -2.12. The molecule has 2 aromatic rings. The van der Waals surface area contributed by atoms with Gasteiger partial charge in [0, 0.05) is 0 Å². The Morgan fingerprint density at radius 3 is 1.76 bits per heavy atom. The van der Waals surface area contributed by atoms with E-state index >= 15 is 0 Å². The number of fused-ring (bicyclic) bond motifs is 2. The molecule has 0 aromatic heterocycles. The number of hydrogen-bond donors (Lipinski definition) is 0. The summed E-state index contributed by atoms with van der Waals surface area (Å²) in [6.07, 6.45) is 1.97. The Morgan fingerprint density at radius 1 is 0.824 bits per heavy atom. The molecule has 0 N–H and O–H groups in total. The van der Waals surface area contributed by atoms with E-state index in [9.17, 15) is 4.91 Å². The van der Waals surface area contributed by atoms with Crippen molar-refractivity contribution in [1.82, 2.24) is 0 Å². The van der Waals surface area contributed by atoms with Crippen molar-refractivity contribution in [2.45, 2.75) is 18.9 Å². The molecule has 0 radical (unpaired) electrons. The number of benzene rings is 2. The van der Waals surface area contributed by atoms with Crippen LogP contribution >= 0.6 is 0 Å². The van der Waals surface area contributed by atoms with E-state index in [1.54, 1.807) is 0 Å². The fraction of sp³-hybridized carbons (Fsp3) is 0.200. The predicted molar refractivity (Wildman–Crippen MR) is 67.9 cm³/mol. The molecule has 3 rings (SSSR count). The van der Waals surface area contributed by atoms with Crippen molar-refractivity contribution in [1.29, 1.82) is 0 Å². The molecule has 0 heterocycles. The molecule has 1 aliphatic carbocycles. The van der Waals surface area contributed by atoms with Crippen LogP contribution in [0.15, 0.2) is 53.7 Å². The fourth-order valence-electron chi connectivity index (χ4n) is 2.61. The van der Waals surface area contributed by atoms with Crippen LogP contribution in [-0.2, 0) is 12.8 Å². The van der Waals surface area contributed by atoms with E-state index in [1.165, 1.54) is 11.1 Å². The highest BCUT2D eigenvalue weighted by atomic mass is 16.3. The number of nitrogens with zero attached hydrogens (tertiary/aromatic N) is 1. The molecule has 84 valence electrons. The van der Waals surface area contributed by atoms with E-state index in [-0.39, 0.29) is 6.04 Å². The molecule has 2 aromatic carbocycles. The highest BCUT2D eigenvalue weighted by Gasteiger charge is 2.23. The first-order valence-corrected chi connectivity index (χ1v) is 5.88. The van der Waals surface area contributed by atoms with Gasteiger partial charge in [-0.25, -0.2) is 0 Å². The van der Waals surface area contributed by atoms with Gasteiger partial charge in [-0.05, 0) is 35.1 Å². The first-order valence-electron chi connectivity index (χ1n) is 5.88. The van der Waals surface area contributed by atoms with Crippen LogP contribution in [0.3, 0.4) is 0 Å². The van der Waals surface area contributed by atoms with E-state index < -0.39 is 0 Å². The molecule has 0 aliphatic heterocycles. The van der Waals surface area contributed by atoms with Crippen LogP contribution in [-0.4, -0.2) is 0 Å². The number of rotatable bonds is 1. The summed E-state index contributed by atoms with van der Waals surface area (Å²) in [5.74, 6) is 0. The van der Waals surface area contributed by atoms with E-state index in [2.05, 4.69) is 17.3 Å². The lowest BCUT2D eigenvalue weighted by molar-refractivity contribution is 0.856. The second-order valence-corrected chi connectivity index (χ2v) is 4.41. The van der Waals surface area contributed by atoms with E-state index in [0.29, 0.717) is 0 Å². The highest BCUT2D eigenvalue weighted by Crippen LogP contribution is 2.34. The lowest BCUT2D eigenvalue weighted by atomic mass is 9.95. The zero-order valence-corrected chi connectivity index (χ0v) is 9.47. The Balaban J connectivity index is 2.22. The van der Waals surface area contributed by atoms with Crippen LogP contribution < -0.4 is 0 Å². The summed E-state index contributed by atoms with van der Waals surface area (Å²) in [5, 5.41) is 3.34. The molecule has 0 unspecified atom stereocenters. The Labute approximate surface area is 100 Å². The monoisotopic (exact) mass is 223 g/mol. The maximum Gasteiger partial charge on any atom is 0.142 e. The molecule has 0 saturated carbocycles. The topological polar surface area (TPSA) is 29.4 Å². The van der Waals surface area contributed by atoms with Crippen molar-refractivity contribution in [3.05, 3.63) is 75.7 Å². The van der Waals surface area contributed by atoms with Gasteiger partial charge in [0.1, 0.15) is 6.04 Å². The van der Waals surface area contributed by atoms with E-state index in [4.69, 9.17) is 0 Å². The van der Waals surface area contributed by atoms with Crippen LogP contribution in [0.25, 0.3) is 0 Å². The van der Waals surface area contributed by atoms with Crippen molar-refractivity contribution in [2.24, 2.45) is 5.18 Å². The standard InChI is InChI=1S/C15H13NO/c17-16-15-13-7-3-1-5-11(13)9-10-12-6-2-4-8-14(12)15/h1-8,15H,9-10H2. The van der Waals surface area contributed by atoms with Gasteiger partial charge in [0.25, 0.3) is 0 Å². The molecular formula is C15H13NO. The summed E-state index contributed by atoms with van der Waals surface area (Å²) in [7, 11) is 0. The van der Waals surface area contributed by atoms with Crippen molar-refractivity contribution in [2.75, 3.05) is 0 Å². The minimum Gasteiger partial charge on any atom is -0.150 e. The molecule has 17 heavy (non-hydrogen) atoms. The van der Waals surface area contributed by atoms with Gasteiger partial charge in [-0.3, -0.25) is 0 Å². The molecule has 1 aliphatic rings. The fourth-order valence-corrected chi connectivity index (χ4v) is 2.61. The summed E-state index contributed by atoms with van der Waals surface area (Å²) in [6.45, 7) is 0. The quantitative estimate of drug-likeness (QED) is 0.678. The van der Waals surface area contributed by atoms with Crippen LogP contribution in [0, 0.1) is 4.91 Å². The summed E-state index contributed by atoms with van der Waals surface area (Å²) in [6, 6.07) is 15.9. The Kier molecular flexibility index (Phi) is 2.48. The number of hydrogen-bond acceptors (Lipinski definition) is 2. The van der Waals surface area contributed by atoms with Crippen molar-refractivity contribution in [3.63, 3.8) is 0 Å². The molecule has 0 fully saturated rings. The van der Waals surface area contributed by atoms with Crippen molar-refractivity contribution in [3.8, 4) is 0 Å². The molecular weight excluding hydrogens is 210 g/mol. The zero-order chi connectivity index (χ0) is 11.7. The third-order valence-corrected chi connectivity index (χ3v) is 3.47. The van der Waals surface area contributed by atoms with Crippen molar-refractivity contribution < 1.29 is 0 Å². The first-order chi connectivity index (χ1) is 8.40. The normalized spacial score (nSPS) is 14.6. The first kappa shape index (κ1) is 10.2. The predicted octanol–water partition coefficient (Wildman–Crippen LogP) is 3.64. The Hall–Kier alpha value is -1.96. The Bertz CT molecular complexity index is 515. The molecule has 0 saturated heterocycles. The third-order valence-electron chi connectivity index (χ3n) is 3.47. The van der Waals surface area contributed by atoms with Crippen LogP contribution in [0.5, 0.6) is 0 Å². The number of nitroso groups, excluding NO2 is 1. The van der Waals surface area contributed by atoms with Crippen LogP contribution in [0.1, 0.15) is 28.3 Å². The minimum atomic E-state index is -0.343. The van der Waals surface area contributed by atoms with Gasteiger partial charge in [0.15, 0.2) is 0 Å². The highest BCUT2D eigenvalue weighted by molar-refractivity contribution is 5.44. The molecule has 2 nitrogen and oxygen atoms in total.